The summed E-state index contributed by atoms with van der Waals surface area (Å²) in [7, 11) is 1.66. The van der Waals surface area contributed by atoms with E-state index in [1.54, 1.807) is 7.11 Å². The Morgan fingerprint density at radius 3 is 2.47 bits per heavy atom. The number of hydrogen-bond acceptors (Lipinski definition) is 3. The smallest absolute Gasteiger partial charge is 0.127 e. The number of nitrogens with two attached hydrogens (primary N) is 1. The molecule has 0 fully saturated rings. The Bertz CT molecular complexity index is 556. The molecule has 0 aliphatic heterocycles. The Morgan fingerprint density at radius 1 is 1.18 bits per heavy atom. The number of anilines is 1. The third-order valence-corrected chi connectivity index (χ3v) is 2.86. The van der Waals surface area contributed by atoms with Gasteiger partial charge in [-0.1, -0.05) is 20.8 Å². The summed E-state index contributed by atoms with van der Waals surface area (Å²) in [5.41, 5.74) is 7.96. The van der Waals surface area contributed by atoms with E-state index in [4.69, 9.17) is 10.5 Å². The summed E-state index contributed by atoms with van der Waals surface area (Å²) in [5.74, 6) is 1.44. The standard InChI is InChI=1S/C14H18N2O/c1-14(2,3)11-8-9-7-10(17-4)5-6-12(9)16-13(11)15/h5-8H,1-4H3,(H2,15,16). The van der Waals surface area contributed by atoms with E-state index in [0.717, 1.165) is 22.2 Å². The number of nitrogens with zero attached hydrogens (tertiary/aromatic N) is 1. The van der Waals surface area contributed by atoms with E-state index in [9.17, 15) is 0 Å². The van der Waals surface area contributed by atoms with E-state index >= 15 is 0 Å². The number of nitrogen functional groups attached to an aromatic ring is 1. The number of aromatic nitrogens is 1. The highest BCUT2D eigenvalue weighted by Gasteiger charge is 2.18. The van der Waals surface area contributed by atoms with E-state index in [1.807, 2.05) is 18.2 Å². The molecule has 90 valence electrons. The fraction of sp³-hybridized carbons (Fsp3) is 0.357. The van der Waals surface area contributed by atoms with Crippen molar-refractivity contribution in [3.8, 4) is 5.75 Å². The molecule has 0 unspecified atom stereocenters. The van der Waals surface area contributed by atoms with E-state index in [0.29, 0.717) is 5.82 Å². The molecular weight excluding hydrogens is 212 g/mol. The van der Waals surface area contributed by atoms with Crippen LogP contribution >= 0.6 is 0 Å². The summed E-state index contributed by atoms with van der Waals surface area (Å²) >= 11 is 0. The monoisotopic (exact) mass is 230 g/mol. The molecule has 2 N–H and O–H groups in total. The molecule has 2 rings (SSSR count). The largest absolute Gasteiger partial charge is 0.497 e. The molecule has 0 saturated heterocycles. The highest BCUT2D eigenvalue weighted by Crippen LogP contribution is 2.30. The molecule has 0 aliphatic carbocycles. The maximum Gasteiger partial charge on any atom is 0.127 e. The van der Waals surface area contributed by atoms with Crippen molar-refractivity contribution in [2.45, 2.75) is 26.2 Å². The highest BCUT2D eigenvalue weighted by atomic mass is 16.5. The molecule has 1 aromatic heterocycles. The first kappa shape index (κ1) is 11.7. The zero-order chi connectivity index (χ0) is 12.6. The van der Waals surface area contributed by atoms with Gasteiger partial charge in [0.25, 0.3) is 0 Å². The molecule has 0 amide bonds. The third-order valence-electron chi connectivity index (χ3n) is 2.86. The van der Waals surface area contributed by atoms with Crippen molar-refractivity contribution in [2.24, 2.45) is 0 Å². The highest BCUT2D eigenvalue weighted by molar-refractivity contribution is 5.83. The maximum absolute atomic E-state index is 6.00. The molecule has 17 heavy (non-hydrogen) atoms. The first-order chi connectivity index (χ1) is 7.91. The molecule has 0 atom stereocenters. The van der Waals surface area contributed by atoms with Crippen molar-refractivity contribution in [1.29, 1.82) is 0 Å². The van der Waals surface area contributed by atoms with Crippen molar-refractivity contribution in [3.63, 3.8) is 0 Å². The average Bonchev–Trinajstić information content (AvgIpc) is 2.26. The van der Waals surface area contributed by atoms with Gasteiger partial charge in [-0.3, -0.25) is 0 Å². The van der Waals surface area contributed by atoms with Gasteiger partial charge in [-0.05, 0) is 29.7 Å². The van der Waals surface area contributed by atoms with Crippen molar-refractivity contribution in [2.75, 3.05) is 12.8 Å². The van der Waals surface area contributed by atoms with Crippen LogP contribution in [0.2, 0.25) is 0 Å². The van der Waals surface area contributed by atoms with Gasteiger partial charge in [0.2, 0.25) is 0 Å². The van der Waals surface area contributed by atoms with Crippen LogP contribution in [0, 0.1) is 0 Å². The lowest BCUT2D eigenvalue weighted by Gasteiger charge is -2.21. The van der Waals surface area contributed by atoms with Crippen molar-refractivity contribution < 1.29 is 4.74 Å². The van der Waals surface area contributed by atoms with E-state index in [2.05, 4.69) is 31.8 Å². The molecule has 0 bridgehead atoms. The zero-order valence-corrected chi connectivity index (χ0v) is 10.7. The predicted molar refractivity (Wildman–Crippen MR) is 71.4 cm³/mol. The van der Waals surface area contributed by atoms with Crippen LogP contribution < -0.4 is 10.5 Å². The van der Waals surface area contributed by atoms with Crippen molar-refractivity contribution >= 4 is 16.7 Å². The number of ether oxygens (including phenoxy) is 1. The van der Waals surface area contributed by atoms with Gasteiger partial charge < -0.3 is 10.5 Å². The van der Waals surface area contributed by atoms with Gasteiger partial charge in [0.15, 0.2) is 0 Å². The summed E-state index contributed by atoms with van der Waals surface area (Å²) in [6.45, 7) is 6.39. The Hall–Kier alpha value is -1.77. The van der Waals surface area contributed by atoms with E-state index in [-0.39, 0.29) is 5.41 Å². The van der Waals surface area contributed by atoms with Crippen LogP contribution in [0.3, 0.4) is 0 Å². The number of methoxy groups -OCH3 is 1. The lowest BCUT2D eigenvalue weighted by Crippen LogP contribution is -2.15. The molecule has 1 heterocycles. The van der Waals surface area contributed by atoms with Crippen LogP contribution in [-0.4, -0.2) is 12.1 Å². The summed E-state index contributed by atoms with van der Waals surface area (Å²) in [5, 5.41) is 1.06. The molecule has 0 saturated carbocycles. The second-order valence-corrected chi connectivity index (χ2v) is 5.23. The first-order valence-electron chi connectivity index (χ1n) is 5.66. The maximum atomic E-state index is 6.00. The van der Waals surface area contributed by atoms with Crippen LogP contribution in [0.15, 0.2) is 24.3 Å². The summed E-state index contributed by atoms with van der Waals surface area (Å²) in [4.78, 5) is 4.44. The number of hydrogen-bond donors (Lipinski definition) is 1. The lowest BCUT2D eigenvalue weighted by molar-refractivity contribution is 0.415. The number of rotatable bonds is 1. The average molecular weight is 230 g/mol. The van der Waals surface area contributed by atoms with Crippen LogP contribution in [0.5, 0.6) is 5.75 Å². The molecule has 1 aromatic carbocycles. The Labute approximate surface area is 102 Å². The summed E-state index contributed by atoms with van der Waals surface area (Å²) < 4.78 is 5.22. The van der Waals surface area contributed by atoms with Crippen molar-refractivity contribution in [3.05, 3.63) is 29.8 Å². The lowest BCUT2D eigenvalue weighted by atomic mass is 9.86. The van der Waals surface area contributed by atoms with Gasteiger partial charge in [-0.2, -0.15) is 0 Å². The minimum Gasteiger partial charge on any atom is -0.497 e. The quantitative estimate of drug-likeness (QED) is 0.818. The van der Waals surface area contributed by atoms with Crippen LogP contribution in [-0.2, 0) is 5.41 Å². The predicted octanol–water partition coefficient (Wildman–Crippen LogP) is 3.12. The molecule has 0 radical (unpaired) electrons. The topological polar surface area (TPSA) is 48.1 Å². The fourth-order valence-electron chi connectivity index (χ4n) is 1.90. The minimum absolute atomic E-state index is 0.00561. The van der Waals surface area contributed by atoms with Gasteiger partial charge in [0.05, 0.1) is 12.6 Å². The van der Waals surface area contributed by atoms with Gasteiger partial charge in [0, 0.05) is 10.9 Å². The Balaban J connectivity index is 2.69. The van der Waals surface area contributed by atoms with E-state index < -0.39 is 0 Å². The molecule has 2 aromatic rings. The van der Waals surface area contributed by atoms with Crippen LogP contribution in [0.25, 0.3) is 10.9 Å². The number of fused-ring (bicyclic) bond motifs is 1. The first-order valence-corrected chi connectivity index (χ1v) is 5.66. The zero-order valence-electron chi connectivity index (χ0n) is 10.7. The fourth-order valence-corrected chi connectivity index (χ4v) is 1.90. The van der Waals surface area contributed by atoms with Crippen LogP contribution in [0.1, 0.15) is 26.3 Å². The summed E-state index contributed by atoms with van der Waals surface area (Å²) in [6, 6.07) is 7.90. The Morgan fingerprint density at radius 2 is 1.88 bits per heavy atom. The second-order valence-electron chi connectivity index (χ2n) is 5.23. The second kappa shape index (κ2) is 3.91. The minimum atomic E-state index is -0.00561. The van der Waals surface area contributed by atoms with Crippen molar-refractivity contribution in [1.82, 2.24) is 4.98 Å². The molecule has 0 spiro atoms. The third kappa shape index (κ3) is 2.18. The molecular formula is C14H18N2O. The van der Waals surface area contributed by atoms with E-state index in [1.165, 1.54) is 0 Å². The summed E-state index contributed by atoms with van der Waals surface area (Å²) in [6.07, 6.45) is 0. The van der Waals surface area contributed by atoms with Gasteiger partial charge >= 0.3 is 0 Å². The number of pyridine rings is 1. The van der Waals surface area contributed by atoms with Crippen LogP contribution in [0.4, 0.5) is 5.82 Å². The molecule has 3 heteroatoms. The normalized spacial score (nSPS) is 11.8. The van der Waals surface area contributed by atoms with Gasteiger partial charge in [-0.25, -0.2) is 4.98 Å². The van der Waals surface area contributed by atoms with Gasteiger partial charge in [-0.15, -0.1) is 0 Å². The molecule has 3 nitrogen and oxygen atoms in total. The SMILES string of the molecule is COc1ccc2nc(N)c(C(C)(C)C)cc2c1. The van der Waals surface area contributed by atoms with Gasteiger partial charge in [0.1, 0.15) is 11.6 Å². The Kier molecular flexibility index (Phi) is 2.69. The number of benzene rings is 1. The molecule has 0 aliphatic rings.